The topological polar surface area (TPSA) is 38.8 Å². The highest BCUT2D eigenvalue weighted by atomic mass is 16.5. The van der Waals surface area contributed by atoms with Crippen LogP contribution in [0.5, 0.6) is 5.75 Å². The van der Waals surface area contributed by atoms with Crippen LogP contribution >= 0.6 is 0 Å². The van der Waals surface area contributed by atoms with Crippen molar-refractivity contribution >= 4 is 5.91 Å². The highest BCUT2D eigenvalue weighted by molar-refractivity contribution is 5.97. The standard InChI is InChI=1S/C12H13NO3/c14-12-10-3-1-2-4-11(10)16-8-13(12)7-9-5-6-15-9/h1-4,9H,5-8H2. The number of ether oxygens (including phenoxy) is 2. The molecule has 1 unspecified atom stereocenters. The van der Waals surface area contributed by atoms with Crippen molar-refractivity contribution in [1.29, 1.82) is 0 Å². The van der Waals surface area contributed by atoms with E-state index in [0.717, 1.165) is 13.0 Å². The van der Waals surface area contributed by atoms with Crippen LogP contribution in [0, 0.1) is 0 Å². The Balaban J connectivity index is 1.78. The van der Waals surface area contributed by atoms with E-state index in [1.165, 1.54) is 0 Å². The molecule has 0 spiro atoms. The Bertz CT molecular complexity index is 414. The molecule has 84 valence electrons. The van der Waals surface area contributed by atoms with E-state index >= 15 is 0 Å². The maximum absolute atomic E-state index is 12.1. The molecule has 0 aromatic heterocycles. The molecule has 0 bridgehead atoms. The van der Waals surface area contributed by atoms with E-state index in [0.29, 0.717) is 24.6 Å². The third-order valence-electron chi connectivity index (χ3n) is 3.00. The summed E-state index contributed by atoms with van der Waals surface area (Å²) in [4.78, 5) is 13.8. The van der Waals surface area contributed by atoms with E-state index in [9.17, 15) is 4.79 Å². The molecule has 4 nitrogen and oxygen atoms in total. The van der Waals surface area contributed by atoms with Crippen LogP contribution in [0.3, 0.4) is 0 Å². The molecule has 1 atom stereocenters. The van der Waals surface area contributed by atoms with Gasteiger partial charge in [0.05, 0.1) is 18.2 Å². The van der Waals surface area contributed by atoms with Gasteiger partial charge in [-0.2, -0.15) is 0 Å². The predicted octanol–water partition coefficient (Wildman–Crippen LogP) is 1.27. The molecule has 4 heteroatoms. The summed E-state index contributed by atoms with van der Waals surface area (Å²) in [5.74, 6) is 0.718. The second-order valence-corrected chi connectivity index (χ2v) is 4.08. The third-order valence-corrected chi connectivity index (χ3v) is 3.00. The first-order valence-corrected chi connectivity index (χ1v) is 5.47. The van der Waals surface area contributed by atoms with Gasteiger partial charge in [-0.25, -0.2) is 0 Å². The van der Waals surface area contributed by atoms with Gasteiger partial charge in [-0.1, -0.05) is 12.1 Å². The number of nitrogens with zero attached hydrogens (tertiary/aromatic N) is 1. The number of fused-ring (bicyclic) bond motifs is 1. The Morgan fingerprint density at radius 3 is 2.94 bits per heavy atom. The summed E-state index contributed by atoms with van der Waals surface area (Å²) >= 11 is 0. The van der Waals surface area contributed by atoms with Crippen molar-refractivity contribution < 1.29 is 14.3 Å². The molecule has 1 saturated heterocycles. The maximum Gasteiger partial charge on any atom is 0.260 e. The van der Waals surface area contributed by atoms with Crippen LogP contribution in [-0.4, -0.2) is 36.8 Å². The number of carbonyl (C=O) groups excluding carboxylic acids is 1. The SMILES string of the molecule is O=C1c2ccccc2OCN1CC1CCO1. The first-order chi connectivity index (χ1) is 7.84. The van der Waals surface area contributed by atoms with E-state index < -0.39 is 0 Å². The monoisotopic (exact) mass is 219 g/mol. The van der Waals surface area contributed by atoms with Gasteiger partial charge < -0.3 is 14.4 Å². The molecule has 1 aromatic carbocycles. The van der Waals surface area contributed by atoms with Gasteiger partial charge in [0.1, 0.15) is 5.75 Å². The number of amides is 1. The van der Waals surface area contributed by atoms with Gasteiger partial charge in [0, 0.05) is 6.61 Å². The van der Waals surface area contributed by atoms with Gasteiger partial charge >= 0.3 is 0 Å². The van der Waals surface area contributed by atoms with Crippen LogP contribution in [0.2, 0.25) is 0 Å². The second-order valence-electron chi connectivity index (χ2n) is 4.08. The largest absolute Gasteiger partial charge is 0.472 e. The van der Waals surface area contributed by atoms with Gasteiger partial charge in [-0.15, -0.1) is 0 Å². The van der Waals surface area contributed by atoms with Crippen molar-refractivity contribution in [2.24, 2.45) is 0 Å². The van der Waals surface area contributed by atoms with Crippen LogP contribution in [0.15, 0.2) is 24.3 Å². The normalized spacial score (nSPS) is 23.4. The molecule has 2 aliphatic heterocycles. The summed E-state index contributed by atoms with van der Waals surface area (Å²) in [7, 11) is 0. The zero-order valence-corrected chi connectivity index (χ0v) is 8.89. The lowest BCUT2D eigenvalue weighted by molar-refractivity contribution is -0.0703. The minimum atomic E-state index is 0.0392. The molecule has 16 heavy (non-hydrogen) atoms. The number of hydrogen-bond donors (Lipinski definition) is 0. The molecule has 3 rings (SSSR count). The summed E-state index contributed by atoms with van der Waals surface area (Å²) in [5, 5.41) is 0. The van der Waals surface area contributed by atoms with Crippen molar-refractivity contribution in [3.63, 3.8) is 0 Å². The molecule has 1 aromatic rings. The first-order valence-electron chi connectivity index (χ1n) is 5.47. The number of carbonyl (C=O) groups is 1. The molecule has 0 aliphatic carbocycles. The zero-order valence-electron chi connectivity index (χ0n) is 8.89. The lowest BCUT2D eigenvalue weighted by Gasteiger charge is -2.34. The number of rotatable bonds is 2. The summed E-state index contributed by atoms with van der Waals surface area (Å²) in [6.07, 6.45) is 1.23. The lowest BCUT2D eigenvalue weighted by atomic mass is 10.1. The van der Waals surface area contributed by atoms with E-state index in [1.54, 1.807) is 11.0 Å². The van der Waals surface area contributed by atoms with Gasteiger partial charge in [0.25, 0.3) is 5.91 Å². The summed E-state index contributed by atoms with van der Waals surface area (Å²) in [6.45, 7) is 1.77. The fourth-order valence-electron chi connectivity index (χ4n) is 1.96. The average molecular weight is 219 g/mol. The Kier molecular flexibility index (Phi) is 2.29. The minimum absolute atomic E-state index is 0.0392. The van der Waals surface area contributed by atoms with Crippen molar-refractivity contribution in [3.05, 3.63) is 29.8 Å². The summed E-state index contributed by atoms with van der Waals surface area (Å²) in [5.41, 5.74) is 0.646. The molecule has 0 radical (unpaired) electrons. The Morgan fingerprint density at radius 2 is 2.19 bits per heavy atom. The fraction of sp³-hybridized carbons (Fsp3) is 0.417. The van der Waals surface area contributed by atoms with E-state index in [-0.39, 0.29) is 12.0 Å². The molecule has 1 fully saturated rings. The van der Waals surface area contributed by atoms with Gasteiger partial charge in [0.15, 0.2) is 6.73 Å². The molecule has 1 amide bonds. The van der Waals surface area contributed by atoms with Crippen LogP contribution in [0.1, 0.15) is 16.8 Å². The van der Waals surface area contributed by atoms with Crippen molar-refractivity contribution in [2.45, 2.75) is 12.5 Å². The molecular formula is C12H13NO3. The summed E-state index contributed by atoms with van der Waals surface area (Å²) in [6, 6.07) is 7.34. The quantitative estimate of drug-likeness (QED) is 0.751. The van der Waals surface area contributed by atoms with Crippen molar-refractivity contribution in [1.82, 2.24) is 4.90 Å². The smallest absolute Gasteiger partial charge is 0.260 e. The van der Waals surface area contributed by atoms with Crippen LogP contribution in [-0.2, 0) is 4.74 Å². The predicted molar refractivity (Wildman–Crippen MR) is 57.3 cm³/mol. The Morgan fingerprint density at radius 1 is 1.38 bits per heavy atom. The molecule has 2 heterocycles. The Labute approximate surface area is 93.8 Å². The van der Waals surface area contributed by atoms with Gasteiger partial charge in [-0.05, 0) is 18.6 Å². The van der Waals surface area contributed by atoms with Gasteiger partial charge in [-0.3, -0.25) is 4.79 Å². The molecule has 0 saturated carbocycles. The number of hydrogen-bond acceptors (Lipinski definition) is 3. The highest BCUT2D eigenvalue weighted by Crippen LogP contribution is 2.25. The van der Waals surface area contributed by atoms with E-state index in [1.807, 2.05) is 18.2 Å². The van der Waals surface area contributed by atoms with Crippen molar-refractivity contribution in [2.75, 3.05) is 19.9 Å². The average Bonchev–Trinajstić information content (AvgIpc) is 2.26. The van der Waals surface area contributed by atoms with Crippen molar-refractivity contribution in [3.8, 4) is 5.75 Å². The zero-order chi connectivity index (χ0) is 11.0. The first kappa shape index (κ1) is 9.66. The minimum Gasteiger partial charge on any atom is -0.472 e. The molecular weight excluding hydrogens is 206 g/mol. The van der Waals surface area contributed by atoms with Crippen LogP contribution in [0.4, 0.5) is 0 Å². The lowest BCUT2D eigenvalue weighted by Crippen LogP contribution is -2.46. The number of para-hydroxylation sites is 1. The highest BCUT2D eigenvalue weighted by Gasteiger charge is 2.29. The van der Waals surface area contributed by atoms with E-state index in [2.05, 4.69) is 0 Å². The number of benzene rings is 1. The van der Waals surface area contributed by atoms with Crippen LogP contribution in [0.25, 0.3) is 0 Å². The second kappa shape index (κ2) is 3.79. The molecule has 0 N–H and O–H groups in total. The maximum atomic E-state index is 12.1. The van der Waals surface area contributed by atoms with Gasteiger partial charge in [0.2, 0.25) is 0 Å². The van der Waals surface area contributed by atoms with E-state index in [4.69, 9.17) is 9.47 Å². The summed E-state index contributed by atoms with van der Waals surface area (Å²) < 4.78 is 10.8. The Hall–Kier alpha value is -1.55. The fourth-order valence-corrected chi connectivity index (χ4v) is 1.96. The third kappa shape index (κ3) is 1.55. The van der Waals surface area contributed by atoms with Crippen LogP contribution < -0.4 is 4.74 Å². The molecule has 2 aliphatic rings.